The minimum Gasteiger partial charge on any atom is -0.395 e. The van der Waals surface area contributed by atoms with Gasteiger partial charge in [0.15, 0.2) is 0 Å². The number of nitro benzene ring substituents is 1. The molecular formula is C14H15ClN2O4S. The Labute approximate surface area is 136 Å². The molecule has 1 aromatic heterocycles. The van der Waals surface area contributed by atoms with E-state index in [9.17, 15) is 20.3 Å². The molecule has 0 saturated heterocycles. The number of hydrogen-bond acceptors (Lipinski definition) is 6. The molecule has 0 aliphatic rings. The third-order valence-corrected chi connectivity index (χ3v) is 4.47. The number of aliphatic hydroxyl groups excluding tert-OH is 2. The van der Waals surface area contributed by atoms with E-state index in [1.54, 1.807) is 5.38 Å². The maximum absolute atomic E-state index is 10.6. The van der Waals surface area contributed by atoms with Gasteiger partial charge in [-0.05, 0) is 23.8 Å². The van der Waals surface area contributed by atoms with Gasteiger partial charge in [-0.2, -0.15) is 0 Å². The van der Waals surface area contributed by atoms with Gasteiger partial charge in [0.05, 0.1) is 28.7 Å². The van der Waals surface area contributed by atoms with Gasteiger partial charge in [-0.25, -0.2) is 0 Å². The van der Waals surface area contributed by atoms with Gasteiger partial charge >= 0.3 is 0 Å². The van der Waals surface area contributed by atoms with Gasteiger partial charge in [0.25, 0.3) is 5.69 Å². The predicted octanol–water partition coefficient (Wildman–Crippen LogP) is 2.49. The molecule has 0 radical (unpaired) electrons. The van der Waals surface area contributed by atoms with Crippen LogP contribution in [0.3, 0.4) is 0 Å². The second kappa shape index (κ2) is 7.66. The lowest BCUT2D eigenvalue weighted by molar-refractivity contribution is -0.384. The normalized spacial score (nSPS) is 13.8. The van der Waals surface area contributed by atoms with Crippen LogP contribution < -0.4 is 5.32 Å². The minimum absolute atomic E-state index is 0.0438. The monoisotopic (exact) mass is 342 g/mol. The standard InChI is InChI=1S/C14H15ClN2O4S/c15-10-5-12(22-8-10)6-16-13(7-18)14(19)9-1-3-11(4-2-9)17(20)21/h1-5,8,13-14,16,18-19H,6-7H2/t13-,14-/m1/s1. The Morgan fingerprint density at radius 3 is 2.55 bits per heavy atom. The van der Waals surface area contributed by atoms with E-state index >= 15 is 0 Å². The first-order valence-corrected chi connectivity index (χ1v) is 7.76. The van der Waals surface area contributed by atoms with Crippen LogP contribution in [-0.2, 0) is 6.54 Å². The lowest BCUT2D eigenvalue weighted by Crippen LogP contribution is -2.37. The lowest BCUT2D eigenvalue weighted by atomic mass is 10.0. The van der Waals surface area contributed by atoms with Gasteiger partial charge < -0.3 is 15.5 Å². The number of nitro groups is 1. The molecule has 0 spiro atoms. The number of rotatable bonds is 7. The summed E-state index contributed by atoms with van der Waals surface area (Å²) in [5.74, 6) is 0. The quantitative estimate of drug-likeness (QED) is 0.530. The molecule has 0 amide bonds. The summed E-state index contributed by atoms with van der Waals surface area (Å²) in [5, 5.41) is 35.8. The van der Waals surface area contributed by atoms with E-state index in [1.165, 1.54) is 35.6 Å². The van der Waals surface area contributed by atoms with Crippen LogP contribution in [-0.4, -0.2) is 27.8 Å². The zero-order chi connectivity index (χ0) is 16.1. The van der Waals surface area contributed by atoms with Crippen molar-refractivity contribution in [1.82, 2.24) is 5.32 Å². The van der Waals surface area contributed by atoms with Crippen molar-refractivity contribution in [2.24, 2.45) is 0 Å². The van der Waals surface area contributed by atoms with Crippen molar-refractivity contribution >= 4 is 28.6 Å². The summed E-state index contributed by atoms with van der Waals surface area (Å²) in [7, 11) is 0. The van der Waals surface area contributed by atoms with Crippen LogP contribution in [0.2, 0.25) is 5.02 Å². The van der Waals surface area contributed by atoms with Crippen LogP contribution in [0.5, 0.6) is 0 Å². The predicted molar refractivity (Wildman–Crippen MR) is 85.1 cm³/mol. The second-order valence-corrected chi connectivity index (χ2v) is 6.13. The Balaban J connectivity index is 2.01. The number of aliphatic hydroxyl groups is 2. The maximum Gasteiger partial charge on any atom is 0.269 e. The Hall–Kier alpha value is -1.51. The molecule has 3 N–H and O–H groups in total. The van der Waals surface area contributed by atoms with E-state index in [1.807, 2.05) is 6.07 Å². The van der Waals surface area contributed by atoms with Gasteiger partial charge in [0.2, 0.25) is 0 Å². The molecule has 0 saturated carbocycles. The van der Waals surface area contributed by atoms with E-state index in [0.29, 0.717) is 17.1 Å². The van der Waals surface area contributed by atoms with E-state index in [2.05, 4.69) is 5.32 Å². The smallest absolute Gasteiger partial charge is 0.269 e. The molecule has 1 heterocycles. The molecule has 0 fully saturated rings. The molecule has 2 aromatic rings. The fourth-order valence-electron chi connectivity index (χ4n) is 1.98. The van der Waals surface area contributed by atoms with Crippen LogP contribution >= 0.6 is 22.9 Å². The molecule has 0 aliphatic carbocycles. The van der Waals surface area contributed by atoms with Crippen LogP contribution in [0.25, 0.3) is 0 Å². The molecule has 118 valence electrons. The van der Waals surface area contributed by atoms with Crippen LogP contribution in [0.4, 0.5) is 5.69 Å². The highest BCUT2D eigenvalue weighted by molar-refractivity contribution is 7.10. The number of nitrogens with zero attached hydrogens (tertiary/aromatic N) is 1. The average Bonchev–Trinajstić information content (AvgIpc) is 2.93. The molecule has 6 nitrogen and oxygen atoms in total. The number of hydrogen-bond donors (Lipinski definition) is 3. The van der Waals surface area contributed by atoms with E-state index in [4.69, 9.17) is 11.6 Å². The molecular weight excluding hydrogens is 328 g/mol. The molecule has 0 unspecified atom stereocenters. The first-order valence-electron chi connectivity index (χ1n) is 6.51. The lowest BCUT2D eigenvalue weighted by Gasteiger charge is -2.22. The van der Waals surface area contributed by atoms with Crippen LogP contribution in [0.15, 0.2) is 35.7 Å². The number of benzene rings is 1. The highest BCUT2D eigenvalue weighted by atomic mass is 35.5. The third kappa shape index (κ3) is 4.25. The molecule has 0 bridgehead atoms. The summed E-state index contributed by atoms with van der Waals surface area (Å²) in [6.07, 6.45) is -0.971. The van der Waals surface area contributed by atoms with Crippen molar-refractivity contribution in [2.45, 2.75) is 18.7 Å². The van der Waals surface area contributed by atoms with Gasteiger partial charge in [-0.3, -0.25) is 10.1 Å². The molecule has 22 heavy (non-hydrogen) atoms. The minimum atomic E-state index is -0.971. The molecule has 2 rings (SSSR count). The highest BCUT2D eigenvalue weighted by Gasteiger charge is 2.20. The molecule has 2 atom stereocenters. The zero-order valence-electron chi connectivity index (χ0n) is 11.5. The fourth-order valence-corrected chi connectivity index (χ4v) is 3.00. The largest absolute Gasteiger partial charge is 0.395 e. The first kappa shape index (κ1) is 16.9. The SMILES string of the molecule is O=[N+]([O-])c1ccc([C@@H](O)[C@@H](CO)NCc2cc(Cl)cs2)cc1. The zero-order valence-corrected chi connectivity index (χ0v) is 13.0. The number of thiophene rings is 1. The number of halogens is 1. The van der Waals surface area contributed by atoms with Crippen molar-refractivity contribution < 1.29 is 15.1 Å². The van der Waals surface area contributed by atoms with E-state index in [0.717, 1.165) is 4.88 Å². The summed E-state index contributed by atoms with van der Waals surface area (Å²) in [4.78, 5) is 11.1. The highest BCUT2D eigenvalue weighted by Crippen LogP contribution is 2.22. The summed E-state index contributed by atoms with van der Waals surface area (Å²) >= 11 is 7.32. The van der Waals surface area contributed by atoms with Crippen LogP contribution in [0.1, 0.15) is 16.5 Å². The average molecular weight is 343 g/mol. The molecule has 1 aromatic carbocycles. The van der Waals surface area contributed by atoms with Crippen molar-refractivity contribution in [3.05, 3.63) is 61.3 Å². The summed E-state index contributed by atoms with van der Waals surface area (Å²) in [6.45, 7) is 0.198. The van der Waals surface area contributed by atoms with E-state index < -0.39 is 17.1 Å². The Kier molecular flexibility index (Phi) is 5.87. The first-order chi connectivity index (χ1) is 10.5. The Morgan fingerprint density at radius 2 is 2.05 bits per heavy atom. The maximum atomic E-state index is 10.6. The Morgan fingerprint density at radius 1 is 1.36 bits per heavy atom. The van der Waals surface area contributed by atoms with Crippen molar-refractivity contribution in [1.29, 1.82) is 0 Å². The number of non-ortho nitro benzene ring substituents is 1. The topological polar surface area (TPSA) is 95.6 Å². The van der Waals surface area contributed by atoms with Crippen LogP contribution in [0, 0.1) is 10.1 Å². The van der Waals surface area contributed by atoms with Gasteiger partial charge in [0.1, 0.15) is 0 Å². The van der Waals surface area contributed by atoms with Gasteiger partial charge in [0, 0.05) is 28.9 Å². The van der Waals surface area contributed by atoms with Crippen molar-refractivity contribution in [3.8, 4) is 0 Å². The van der Waals surface area contributed by atoms with E-state index in [-0.39, 0.29) is 12.3 Å². The summed E-state index contributed by atoms with van der Waals surface area (Å²) < 4.78 is 0. The molecule has 8 heteroatoms. The summed E-state index contributed by atoms with van der Waals surface area (Å²) in [5.41, 5.74) is 0.457. The summed E-state index contributed by atoms with van der Waals surface area (Å²) in [6, 6.07) is 6.84. The van der Waals surface area contributed by atoms with Gasteiger partial charge in [-0.15, -0.1) is 11.3 Å². The fraction of sp³-hybridized carbons (Fsp3) is 0.286. The van der Waals surface area contributed by atoms with Crippen molar-refractivity contribution in [3.63, 3.8) is 0 Å². The Bertz CT molecular complexity index is 632. The molecule has 0 aliphatic heterocycles. The third-order valence-electron chi connectivity index (χ3n) is 3.18. The van der Waals surface area contributed by atoms with Crippen molar-refractivity contribution in [2.75, 3.05) is 6.61 Å². The van der Waals surface area contributed by atoms with Gasteiger partial charge in [-0.1, -0.05) is 11.6 Å². The second-order valence-electron chi connectivity index (χ2n) is 4.69. The number of nitrogens with one attached hydrogen (secondary N) is 1.